The fraction of sp³-hybridized carbons (Fsp3) is 0.500. The Morgan fingerprint density at radius 1 is 1.08 bits per heavy atom. The standard InChI is InChI=1S/C30H37Cl2N3O4/c1-4-5-24(19-6-8-20(9-7-19)27(38)33-15-10-25(36)37)35-28(39)26(21-16-22(31)18-23(32)17-21)34-30(35)13-11-29(2,3)12-14-30/h6-9,16-18,24,26,34H,4-5,10-15H2,1-3H3,(H,33,38)(H,36,37). The second kappa shape index (κ2) is 11.9. The van der Waals surface area contributed by atoms with Crippen LogP contribution in [0, 0.1) is 5.41 Å². The zero-order valence-corrected chi connectivity index (χ0v) is 24.2. The third kappa shape index (κ3) is 6.59. The highest BCUT2D eigenvalue weighted by Crippen LogP contribution is 2.50. The largest absolute Gasteiger partial charge is 0.481 e. The monoisotopic (exact) mass is 573 g/mol. The fourth-order valence-corrected chi connectivity index (χ4v) is 6.40. The molecular formula is C30H37Cl2N3O4. The van der Waals surface area contributed by atoms with Gasteiger partial charge in [-0.2, -0.15) is 0 Å². The average molecular weight is 575 g/mol. The minimum absolute atomic E-state index is 0.00183. The molecule has 0 radical (unpaired) electrons. The van der Waals surface area contributed by atoms with Crippen LogP contribution < -0.4 is 10.6 Å². The summed E-state index contributed by atoms with van der Waals surface area (Å²) in [7, 11) is 0. The number of carbonyl (C=O) groups excluding carboxylic acids is 2. The molecule has 210 valence electrons. The van der Waals surface area contributed by atoms with Crippen molar-refractivity contribution in [1.82, 2.24) is 15.5 Å². The van der Waals surface area contributed by atoms with Gasteiger partial charge in [0.05, 0.1) is 18.1 Å². The summed E-state index contributed by atoms with van der Waals surface area (Å²) in [5.41, 5.74) is 1.87. The number of rotatable bonds is 9. The van der Waals surface area contributed by atoms with Crippen molar-refractivity contribution in [2.45, 2.75) is 83.5 Å². The highest BCUT2D eigenvalue weighted by Gasteiger charge is 2.55. The van der Waals surface area contributed by atoms with Gasteiger partial charge in [-0.3, -0.25) is 19.7 Å². The number of benzene rings is 2. The van der Waals surface area contributed by atoms with Gasteiger partial charge in [0.25, 0.3) is 5.91 Å². The lowest BCUT2D eigenvalue weighted by atomic mass is 9.72. The molecule has 2 aromatic carbocycles. The second-order valence-corrected chi connectivity index (χ2v) is 12.4. The van der Waals surface area contributed by atoms with Crippen molar-refractivity contribution in [2.24, 2.45) is 5.41 Å². The van der Waals surface area contributed by atoms with Gasteiger partial charge in [0.1, 0.15) is 6.04 Å². The first-order valence-corrected chi connectivity index (χ1v) is 14.4. The van der Waals surface area contributed by atoms with E-state index in [9.17, 15) is 14.4 Å². The summed E-state index contributed by atoms with van der Waals surface area (Å²) in [6.45, 7) is 6.73. The van der Waals surface area contributed by atoms with E-state index in [0.29, 0.717) is 15.6 Å². The average Bonchev–Trinajstić information content (AvgIpc) is 3.15. The Morgan fingerprint density at radius 2 is 1.69 bits per heavy atom. The van der Waals surface area contributed by atoms with Crippen molar-refractivity contribution in [1.29, 1.82) is 0 Å². The van der Waals surface area contributed by atoms with Crippen LogP contribution in [0.2, 0.25) is 10.0 Å². The van der Waals surface area contributed by atoms with Gasteiger partial charge in [-0.15, -0.1) is 0 Å². The lowest BCUT2D eigenvalue weighted by molar-refractivity contribution is -0.138. The summed E-state index contributed by atoms with van der Waals surface area (Å²) in [6.07, 6.45) is 5.15. The van der Waals surface area contributed by atoms with Gasteiger partial charge in [-0.25, -0.2) is 0 Å². The summed E-state index contributed by atoms with van der Waals surface area (Å²) < 4.78 is 0. The number of carboxylic acid groups (broad SMARTS) is 1. The third-order valence-electron chi connectivity index (χ3n) is 8.06. The van der Waals surface area contributed by atoms with E-state index in [1.54, 1.807) is 30.3 Å². The van der Waals surface area contributed by atoms with Crippen molar-refractivity contribution in [3.63, 3.8) is 0 Å². The molecule has 2 aliphatic rings. The molecule has 9 heteroatoms. The first-order chi connectivity index (χ1) is 18.4. The molecule has 0 bridgehead atoms. The Balaban J connectivity index is 1.67. The normalized spacial score (nSPS) is 20.7. The van der Waals surface area contributed by atoms with Crippen LogP contribution in [0.4, 0.5) is 0 Å². The quantitative estimate of drug-likeness (QED) is 0.317. The number of nitrogens with zero attached hydrogens (tertiary/aromatic N) is 1. The van der Waals surface area contributed by atoms with Gasteiger partial charge in [0.15, 0.2) is 0 Å². The number of hydrogen-bond acceptors (Lipinski definition) is 4. The summed E-state index contributed by atoms with van der Waals surface area (Å²) in [6, 6.07) is 11.8. The molecule has 2 atom stereocenters. The zero-order valence-electron chi connectivity index (χ0n) is 22.7. The molecule has 0 aromatic heterocycles. The van der Waals surface area contributed by atoms with Gasteiger partial charge in [0.2, 0.25) is 5.91 Å². The predicted octanol–water partition coefficient (Wildman–Crippen LogP) is 6.51. The van der Waals surface area contributed by atoms with Crippen LogP contribution in [-0.2, 0) is 9.59 Å². The molecule has 39 heavy (non-hydrogen) atoms. The van der Waals surface area contributed by atoms with Crippen LogP contribution in [0.5, 0.6) is 0 Å². The molecule has 1 saturated heterocycles. The molecule has 2 unspecified atom stereocenters. The maximum absolute atomic E-state index is 14.3. The molecule has 2 fully saturated rings. The van der Waals surface area contributed by atoms with Crippen LogP contribution >= 0.6 is 23.2 Å². The van der Waals surface area contributed by atoms with E-state index in [1.807, 2.05) is 12.1 Å². The van der Waals surface area contributed by atoms with Crippen LogP contribution in [-0.4, -0.2) is 40.0 Å². The highest BCUT2D eigenvalue weighted by molar-refractivity contribution is 6.34. The SMILES string of the molecule is CCCC(c1ccc(C(=O)NCCC(=O)O)cc1)N1C(=O)C(c2cc(Cl)cc(Cl)c2)NC12CCC(C)(C)CC2. The van der Waals surface area contributed by atoms with Gasteiger partial charge < -0.3 is 15.3 Å². The predicted molar refractivity (Wildman–Crippen MR) is 153 cm³/mol. The van der Waals surface area contributed by atoms with Crippen LogP contribution in [0.3, 0.4) is 0 Å². The lowest BCUT2D eigenvalue weighted by Crippen LogP contribution is -2.56. The molecule has 4 rings (SSSR count). The van der Waals surface area contributed by atoms with Crippen molar-refractivity contribution >= 4 is 41.0 Å². The summed E-state index contributed by atoms with van der Waals surface area (Å²) in [5, 5.41) is 16.2. The molecule has 1 saturated carbocycles. The van der Waals surface area contributed by atoms with Gasteiger partial charge >= 0.3 is 5.97 Å². The molecule has 3 N–H and O–H groups in total. The molecule has 1 spiro atoms. The number of amides is 2. The Labute approximate surface area is 240 Å². The molecular weight excluding hydrogens is 537 g/mol. The van der Waals surface area contributed by atoms with Crippen LogP contribution in [0.25, 0.3) is 0 Å². The summed E-state index contributed by atoms with van der Waals surface area (Å²) >= 11 is 12.6. The second-order valence-electron chi connectivity index (χ2n) is 11.5. The van der Waals surface area contributed by atoms with E-state index in [0.717, 1.165) is 49.7 Å². The maximum Gasteiger partial charge on any atom is 0.305 e. The number of carbonyl (C=O) groups is 3. The number of carboxylic acids is 1. The Kier molecular flexibility index (Phi) is 8.94. The third-order valence-corrected chi connectivity index (χ3v) is 8.50. The van der Waals surface area contributed by atoms with Crippen LogP contribution in [0.1, 0.15) is 99.3 Å². The van der Waals surface area contributed by atoms with Gasteiger partial charge in [-0.1, -0.05) is 62.5 Å². The minimum atomic E-state index is -0.963. The lowest BCUT2D eigenvalue weighted by Gasteiger charge is -2.49. The summed E-state index contributed by atoms with van der Waals surface area (Å²) in [5.74, 6) is -1.28. The van der Waals surface area contributed by atoms with E-state index in [2.05, 4.69) is 36.3 Å². The van der Waals surface area contributed by atoms with Crippen molar-refractivity contribution in [3.05, 3.63) is 69.2 Å². The topological polar surface area (TPSA) is 98.7 Å². The number of halogens is 2. The number of hydrogen-bond donors (Lipinski definition) is 3. The maximum atomic E-state index is 14.3. The van der Waals surface area contributed by atoms with Crippen molar-refractivity contribution in [2.75, 3.05) is 6.54 Å². The zero-order chi connectivity index (χ0) is 28.4. The number of aliphatic carboxylic acids is 1. The van der Waals surface area contributed by atoms with E-state index >= 15 is 0 Å². The van der Waals surface area contributed by atoms with E-state index in [1.165, 1.54) is 0 Å². The summed E-state index contributed by atoms with van der Waals surface area (Å²) in [4.78, 5) is 39.6. The first-order valence-electron chi connectivity index (χ1n) is 13.6. The molecule has 2 amide bonds. The molecule has 1 heterocycles. The highest BCUT2D eigenvalue weighted by atomic mass is 35.5. The van der Waals surface area contributed by atoms with E-state index in [4.69, 9.17) is 28.3 Å². The number of nitrogens with one attached hydrogen (secondary N) is 2. The molecule has 2 aromatic rings. The van der Waals surface area contributed by atoms with E-state index < -0.39 is 17.7 Å². The van der Waals surface area contributed by atoms with E-state index in [-0.39, 0.29) is 36.2 Å². The Bertz CT molecular complexity index is 1200. The van der Waals surface area contributed by atoms with Crippen molar-refractivity contribution in [3.8, 4) is 0 Å². The minimum Gasteiger partial charge on any atom is -0.481 e. The molecule has 1 aliphatic heterocycles. The molecule has 1 aliphatic carbocycles. The first kappa shape index (κ1) is 29.4. The smallest absolute Gasteiger partial charge is 0.305 e. The Morgan fingerprint density at radius 3 is 2.26 bits per heavy atom. The van der Waals surface area contributed by atoms with Crippen LogP contribution in [0.15, 0.2) is 42.5 Å². The van der Waals surface area contributed by atoms with Gasteiger partial charge in [-0.05, 0) is 79.0 Å². The molecule has 7 nitrogen and oxygen atoms in total. The van der Waals surface area contributed by atoms with Gasteiger partial charge in [0, 0.05) is 22.2 Å². The Hall–Kier alpha value is -2.61. The fourth-order valence-electron chi connectivity index (χ4n) is 5.86. The van der Waals surface area contributed by atoms with Crippen molar-refractivity contribution < 1.29 is 19.5 Å².